The highest BCUT2D eigenvalue weighted by atomic mass is 32.1. The number of amides is 1. The van der Waals surface area contributed by atoms with Crippen molar-refractivity contribution in [2.24, 2.45) is 5.92 Å². The Hall–Kier alpha value is -3.57. The lowest BCUT2D eigenvalue weighted by Crippen LogP contribution is -2.38. The number of nitrogens with zero attached hydrogens (tertiary/aromatic N) is 3. The number of nitriles is 1. The largest absolute Gasteiger partial charge is 0.492 e. The van der Waals surface area contributed by atoms with Gasteiger partial charge in [0.15, 0.2) is 5.57 Å². The summed E-state index contributed by atoms with van der Waals surface area (Å²) in [5, 5.41) is 15.3. The first-order valence-electron chi connectivity index (χ1n) is 12.5. The van der Waals surface area contributed by atoms with E-state index in [2.05, 4.69) is 27.0 Å². The topological polar surface area (TPSA) is 109 Å². The molecule has 1 saturated carbocycles. The van der Waals surface area contributed by atoms with E-state index in [1.54, 1.807) is 6.20 Å². The van der Waals surface area contributed by atoms with Crippen LogP contribution in [0.15, 0.2) is 40.8 Å². The molecule has 2 fully saturated rings. The van der Waals surface area contributed by atoms with E-state index in [-0.39, 0.29) is 11.1 Å². The highest BCUT2D eigenvalue weighted by Gasteiger charge is 2.22. The van der Waals surface area contributed by atoms with Gasteiger partial charge in [0.2, 0.25) is 0 Å². The summed E-state index contributed by atoms with van der Waals surface area (Å²) in [4.78, 5) is 27.5. The maximum atomic E-state index is 12.8. The number of anilines is 1. The fraction of sp³-hybridized carbons (Fsp3) is 0.444. The van der Waals surface area contributed by atoms with Gasteiger partial charge in [-0.2, -0.15) is 5.26 Å². The van der Waals surface area contributed by atoms with Gasteiger partial charge in [0.1, 0.15) is 27.6 Å². The number of carbonyl (C=O) groups is 1. The van der Waals surface area contributed by atoms with Crippen molar-refractivity contribution in [1.82, 2.24) is 14.8 Å². The first-order valence-corrected chi connectivity index (χ1v) is 13.3. The molecule has 1 saturated heterocycles. The SMILES string of the molecule is CCn1c(=C=C(C#N)C(=O)NCC2CC2)sc(=C=CNc2cccc(OCCN3CCOCC3)c2)c1=O. The number of hydrogen-bond donors (Lipinski definition) is 2. The van der Waals surface area contributed by atoms with Crippen LogP contribution in [0.5, 0.6) is 5.75 Å². The molecule has 2 aliphatic rings. The van der Waals surface area contributed by atoms with E-state index in [1.165, 1.54) is 4.57 Å². The molecule has 1 aromatic carbocycles. The van der Waals surface area contributed by atoms with Crippen LogP contribution in [-0.2, 0) is 16.1 Å². The first-order chi connectivity index (χ1) is 18.1. The van der Waals surface area contributed by atoms with Crippen LogP contribution >= 0.6 is 11.3 Å². The molecule has 0 bridgehead atoms. The highest BCUT2D eigenvalue weighted by molar-refractivity contribution is 7.07. The van der Waals surface area contributed by atoms with E-state index in [0.29, 0.717) is 34.8 Å². The minimum absolute atomic E-state index is 0.136. The molecular formula is C27H31N5O4S. The van der Waals surface area contributed by atoms with E-state index in [9.17, 15) is 14.9 Å². The number of benzene rings is 1. The van der Waals surface area contributed by atoms with Gasteiger partial charge in [0.25, 0.3) is 11.5 Å². The number of aromatic nitrogens is 1. The van der Waals surface area contributed by atoms with Gasteiger partial charge in [-0.15, -0.1) is 0 Å². The Kier molecular flexibility index (Phi) is 9.39. The second-order valence-corrected chi connectivity index (χ2v) is 9.81. The molecule has 2 heterocycles. The second kappa shape index (κ2) is 13.1. The van der Waals surface area contributed by atoms with Crippen molar-refractivity contribution < 1.29 is 14.3 Å². The Morgan fingerprint density at radius 2 is 2.14 bits per heavy atom. The van der Waals surface area contributed by atoms with Gasteiger partial charge in [-0.1, -0.05) is 28.9 Å². The number of ether oxygens (including phenoxy) is 2. The number of rotatable bonds is 10. The Bertz CT molecular complexity index is 1400. The summed E-state index contributed by atoms with van der Waals surface area (Å²) in [6.07, 6.45) is 3.77. The molecule has 2 N–H and O–H groups in total. The van der Waals surface area contributed by atoms with Crippen LogP contribution in [0.25, 0.3) is 11.5 Å². The number of nitrogens with one attached hydrogen (secondary N) is 2. The summed E-state index contributed by atoms with van der Waals surface area (Å²) in [5.74, 6) is 0.787. The lowest BCUT2D eigenvalue weighted by molar-refractivity contribution is -0.117. The van der Waals surface area contributed by atoms with E-state index in [0.717, 1.165) is 68.5 Å². The zero-order valence-corrected chi connectivity index (χ0v) is 21.7. The van der Waals surface area contributed by atoms with Gasteiger partial charge >= 0.3 is 0 Å². The molecule has 0 radical (unpaired) electrons. The minimum Gasteiger partial charge on any atom is -0.492 e. The third-order valence-corrected chi connectivity index (χ3v) is 7.09. The van der Waals surface area contributed by atoms with Crippen molar-refractivity contribution in [3.05, 3.63) is 55.6 Å². The van der Waals surface area contributed by atoms with Crippen LogP contribution in [0.1, 0.15) is 19.8 Å². The second-order valence-electron chi connectivity index (χ2n) is 8.81. The van der Waals surface area contributed by atoms with Crippen molar-refractivity contribution in [2.75, 3.05) is 51.3 Å². The van der Waals surface area contributed by atoms with Crippen LogP contribution < -0.4 is 30.1 Å². The normalized spacial score (nSPS) is 15.1. The van der Waals surface area contributed by atoms with Crippen molar-refractivity contribution in [2.45, 2.75) is 26.3 Å². The Labute approximate surface area is 219 Å². The van der Waals surface area contributed by atoms with Gasteiger partial charge in [-0.05, 0) is 37.8 Å². The smallest absolute Gasteiger partial charge is 0.277 e. The molecule has 0 unspecified atom stereocenters. The predicted octanol–water partition coefficient (Wildman–Crippen LogP) is 1.00. The molecule has 194 valence electrons. The first kappa shape index (κ1) is 26.5. The predicted molar refractivity (Wildman–Crippen MR) is 143 cm³/mol. The Morgan fingerprint density at radius 1 is 1.32 bits per heavy atom. The molecule has 0 spiro atoms. The van der Waals surface area contributed by atoms with E-state index >= 15 is 0 Å². The number of carbonyl (C=O) groups excluding carboxylic acids is 1. The fourth-order valence-electron chi connectivity index (χ4n) is 3.75. The lowest BCUT2D eigenvalue weighted by Gasteiger charge is -2.26. The summed E-state index contributed by atoms with van der Waals surface area (Å²) in [6, 6.07) is 9.48. The quantitative estimate of drug-likeness (QED) is 0.355. The van der Waals surface area contributed by atoms with Crippen molar-refractivity contribution in [3.8, 4) is 11.8 Å². The summed E-state index contributed by atoms with van der Waals surface area (Å²) < 4.78 is 13.5. The molecule has 37 heavy (non-hydrogen) atoms. The van der Waals surface area contributed by atoms with E-state index in [1.807, 2.05) is 37.3 Å². The lowest BCUT2D eigenvalue weighted by atomic mass is 10.3. The summed E-state index contributed by atoms with van der Waals surface area (Å²) in [6.45, 7) is 7.59. The van der Waals surface area contributed by atoms with Crippen LogP contribution in [0.2, 0.25) is 0 Å². The molecule has 1 amide bonds. The molecule has 1 aliphatic heterocycles. The standard InChI is InChI=1S/C27H31N5O4S/c1-2-32-25(16-21(18-28)26(33)30-19-20-6-7-20)37-24(27(32)34)8-9-29-22-4-3-5-23(17-22)36-15-12-31-10-13-35-14-11-31/h3-5,9,17,20,29H,2,6-7,10-15,19H2,1H3,(H,30,33). The van der Waals surface area contributed by atoms with Crippen LogP contribution in [0.4, 0.5) is 5.69 Å². The van der Waals surface area contributed by atoms with Crippen LogP contribution in [-0.4, -0.2) is 61.4 Å². The molecule has 4 rings (SSSR count). The average molecular weight is 522 g/mol. The maximum absolute atomic E-state index is 12.8. The highest BCUT2D eigenvalue weighted by Crippen LogP contribution is 2.27. The summed E-state index contributed by atoms with van der Waals surface area (Å²) in [5.41, 5.74) is 6.24. The minimum atomic E-state index is -0.465. The third kappa shape index (κ3) is 7.70. The molecule has 1 aromatic heterocycles. The zero-order chi connectivity index (χ0) is 26.0. The molecule has 0 atom stereocenters. The number of hydrogen-bond acceptors (Lipinski definition) is 8. The molecule has 1 aliphatic carbocycles. The number of morpholine rings is 1. The molecular weight excluding hydrogens is 490 g/mol. The van der Waals surface area contributed by atoms with Crippen molar-refractivity contribution in [1.29, 1.82) is 5.26 Å². The molecule has 9 nitrogen and oxygen atoms in total. The van der Waals surface area contributed by atoms with Gasteiger partial charge in [-0.25, -0.2) is 0 Å². The number of thiazole rings is 1. The third-order valence-electron chi connectivity index (χ3n) is 6.07. The summed E-state index contributed by atoms with van der Waals surface area (Å²) >= 11 is 1.14. The Balaban J connectivity index is 1.47. The van der Waals surface area contributed by atoms with Crippen LogP contribution in [0.3, 0.4) is 0 Å². The fourth-order valence-corrected chi connectivity index (χ4v) is 4.73. The average Bonchev–Trinajstić information content (AvgIpc) is 3.70. The summed E-state index contributed by atoms with van der Waals surface area (Å²) in [7, 11) is 0. The van der Waals surface area contributed by atoms with E-state index < -0.39 is 5.91 Å². The molecule has 2 aromatic rings. The Morgan fingerprint density at radius 3 is 2.86 bits per heavy atom. The van der Waals surface area contributed by atoms with Gasteiger partial charge < -0.3 is 20.1 Å². The van der Waals surface area contributed by atoms with E-state index in [4.69, 9.17) is 9.47 Å². The zero-order valence-electron chi connectivity index (χ0n) is 20.9. The molecule has 10 heteroatoms. The van der Waals surface area contributed by atoms with Gasteiger partial charge in [0, 0.05) is 50.7 Å². The van der Waals surface area contributed by atoms with Crippen molar-refractivity contribution >= 4 is 34.4 Å². The van der Waals surface area contributed by atoms with Gasteiger partial charge in [0.05, 0.1) is 13.2 Å². The van der Waals surface area contributed by atoms with Crippen LogP contribution in [0, 0.1) is 17.2 Å². The van der Waals surface area contributed by atoms with Gasteiger partial charge in [-0.3, -0.25) is 19.1 Å². The van der Waals surface area contributed by atoms with Crippen molar-refractivity contribution in [3.63, 3.8) is 0 Å². The monoisotopic (exact) mass is 521 g/mol. The maximum Gasteiger partial charge on any atom is 0.277 e.